The number of morpholine rings is 1. The van der Waals surface area contributed by atoms with Crippen LogP contribution in [0.25, 0.3) is 11.3 Å². The summed E-state index contributed by atoms with van der Waals surface area (Å²) in [6.07, 6.45) is -0.737. The number of nitrogen functional groups attached to an aromatic ring is 1. The van der Waals surface area contributed by atoms with Crippen LogP contribution in [0.15, 0.2) is 30.7 Å². The average molecular weight is 409 g/mol. The number of nitrogens with zero attached hydrogens (tertiary/aromatic N) is 4. The van der Waals surface area contributed by atoms with E-state index in [-0.39, 0.29) is 5.92 Å². The highest BCUT2D eigenvalue weighted by Crippen LogP contribution is 2.35. The Morgan fingerprint density at radius 2 is 2.00 bits per heavy atom. The van der Waals surface area contributed by atoms with Gasteiger partial charge in [0.2, 0.25) is 0 Å². The first-order chi connectivity index (χ1) is 13.7. The van der Waals surface area contributed by atoms with E-state index in [1.54, 1.807) is 6.20 Å². The van der Waals surface area contributed by atoms with Gasteiger partial charge in [0, 0.05) is 55.6 Å². The molecule has 0 radical (unpaired) electrons. The third-order valence-corrected chi connectivity index (χ3v) is 4.94. The molecular formula is C20H26F3N5O. The predicted octanol–water partition coefficient (Wildman–Crippen LogP) is 3.91. The number of allylic oxidation sites excluding steroid dienone is 1. The lowest BCUT2D eigenvalue weighted by Crippen LogP contribution is -2.35. The van der Waals surface area contributed by atoms with Crippen LogP contribution in [0.5, 0.6) is 0 Å². The van der Waals surface area contributed by atoms with Crippen LogP contribution >= 0.6 is 0 Å². The second-order valence-corrected chi connectivity index (χ2v) is 7.40. The van der Waals surface area contributed by atoms with E-state index in [2.05, 4.69) is 21.4 Å². The Morgan fingerprint density at radius 3 is 2.62 bits per heavy atom. The third-order valence-electron chi connectivity index (χ3n) is 4.94. The van der Waals surface area contributed by atoms with E-state index in [9.17, 15) is 13.2 Å². The van der Waals surface area contributed by atoms with Crippen molar-refractivity contribution < 1.29 is 17.9 Å². The summed E-state index contributed by atoms with van der Waals surface area (Å²) in [6, 6.07) is 1.01. The molecule has 29 heavy (non-hydrogen) atoms. The predicted molar refractivity (Wildman–Crippen MR) is 105 cm³/mol. The van der Waals surface area contributed by atoms with E-state index < -0.39 is 17.6 Å². The molecule has 158 valence electrons. The van der Waals surface area contributed by atoms with Crippen molar-refractivity contribution in [1.82, 2.24) is 19.4 Å². The Balaban J connectivity index is 1.83. The molecule has 2 N–H and O–H groups in total. The van der Waals surface area contributed by atoms with Crippen LogP contribution in [0.2, 0.25) is 0 Å². The molecule has 1 saturated heterocycles. The maximum absolute atomic E-state index is 13.2. The summed E-state index contributed by atoms with van der Waals surface area (Å²) < 4.78 is 46.9. The van der Waals surface area contributed by atoms with Gasteiger partial charge in [0.05, 0.1) is 24.5 Å². The van der Waals surface area contributed by atoms with Crippen molar-refractivity contribution in [3.8, 4) is 11.3 Å². The number of imidazole rings is 1. The molecule has 0 amide bonds. The molecule has 1 fully saturated rings. The number of halogens is 3. The largest absolute Gasteiger partial charge is 0.419 e. The molecule has 0 aliphatic carbocycles. The summed E-state index contributed by atoms with van der Waals surface area (Å²) in [4.78, 5) is 10.5. The molecule has 6 nitrogen and oxygen atoms in total. The first kappa shape index (κ1) is 21.2. The number of ether oxygens (including phenoxy) is 1. The van der Waals surface area contributed by atoms with Crippen molar-refractivity contribution in [2.45, 2.75) is 38.9 Å². The van der Waals surface area contributed by atoms with Crippen LogP contribution in [0, 0.1) is 0 Å². The van der Waals surface area contributed by atoms with Crippen LogP contribution in [0.1, 0.15) is 37.6 Å². The highest BCUT2D eigenvalue weighted by Gasteiger charge is 2.34. The maximum Gasteiger partial charge on any atom is 0.419 e. The van der Waals surface area contributed by atoms with Crippen LogP contribution in [0.3, 0.4) is 0 Å². The molecule has 2 aromatic rings. The highest BCUT2D eigenvalue weighted by molar-refractivity contribution is 5.62. The Labute approximate surface area is 168 Å². The number of hydrogen-bond donors (Lipinski definition) is 1. The number of aromatic nitrogens is 3. The second kappa shape index (κ2) is 8.44. The van der Waals surface area contributed by atoms with Gasteiger partial charge in [-0.15, -0.1) is 0 Å². The molecule has 0 saturated carbocycles. The fraction of sp³-hybridized carbons (Fsp3) is 0.500. The molecule has 0 aromatic carbocycles. The van der Waals surface area contributed by atoms with Gasteiger partial charge in [0.15, 0.2) is 0 Å². The Morgan fingerprint density at radius 1 is 1.31 bits per heavy atom. The Hall–Kier alpha value is -2.55. The van der Waals surface area contributed by atoms with Crippen LogP contribution < -0.4 is 5.73 Å². The number of anilines is 1. The molecule has 3 heterocycles. The van der Waals surface area contributed by atoms with E-state index in [0.29, 0.717) is 31.0 Å². The third kappa shape index (κ3) is 4.90. The standard InChI is InChI=1S/C20H26F3N5O/c1-13(2)19-26-17(15-10-16(20(21,22)23)18(24)25-11-15)12-28(19)5-4-14(3)27-6-8-29-9-7-27/h10-13H,3-9H2,1-2H3,(H2,24,25). The summed E-state index contributed by atoms with van der Waals surface area (Å²) in [7, 11) is 0. The molecule has 0 spiro atoms. The van der Waals surface area contributed by atoms with Gasteiger partial charge in [-0.1, -0.05) is 20.4 Å². The summed E-state index contributed by atoms with van der Waals surface area (Å²) in [6.45, 7) is 11.8. The van der Waals surface area contributed by atoms with Gasteiger partial charge in [0.1, 0.15) is 11.6 Å². The van der Waals surface area contributed by atoms with Crippen LogP contribution in [-0.2, 0) is 17.5 Å². The fourth-order valence-corrected chi connectivity index (χ4v) is 3.34. The number of aryl methyl sites for hydroxylation is 1. The molecule has 0 atom stereocenters. The minimum Gasteiger partial charge on any atom is -0.383 e. The Kier molecular flexibility index (Phi) is 6.16. The molecule has 9 heteroatoms. The number of nitrogens with two attached hydrogens (primary N) is 1. The number of pyridine rings is 1. The molecule has 1 aliphatic heterocycles. The normalized spacial score (nSPS) is 15.2. The monoisotopic (exact) mass is 409 g/mol. The van der Waals surface area contributed by atoms with Gasteiger partial charge in [0.25, 0.3) is 0 Å². The van der Waals surface area contributed by atoms with Gasteiger partial charge in [-0.2, -0.15) is 13.2 Å². The molecule has 1 aliphatic rings. The molecule has 0 bridgehead atoms. The zero-order valence-corrected chi connectivity index (χ0v) is 16.7. The lowest BCUT2D eigenvalue weighted by Gasteiger charge is -2.30. The van der Waals surface area contributed by atoms with E-state index in [1.165, 1.54) is 6.20 Å². The SMILES string of the molecule is C=C(CCn1cc(-c2cnc(N)c(C(F)(F)F)c2)nc1C(C)C)N1CCOCC1. The lowest BCUT2D eigenvalue weighted by atomic mass is 10.1. The number of alkyl halides is 3. The van der Waals surface area contributed by atoms with Gasteiger partial charge in [-0.25, -0.2) is 9.97 Å². The number of hydrogen-bond acceptors (Lipinski definition) is 5. The zero-order chi connectivity index (χ0) is 21.2. The van der Waals surface area contributed by atoms with Crippen molar-refractivity contribution in [3.63, 3.8) is 0 Å². The van der Waals surface area contributed by atoms with Gasteiger partial charge in [-0.3, -0.25) is 0 Å². The van der Waals surface area contributed by atoms with Crippen LogP contribution in [-0.4, -0.2) is 45.7 Å². The molecule has 3 rings (SSSR count). The zero-order valence-electron chi connectivity index (χ0n) is 16.7. The fourth-order valence-electron chi connectivity index (χ4n) is 3.34. The quantitative estimate of drug-likeness (QED) is 0.784. The summed E-state index contributed by atoms with van der Waals surface area (Å²) in [5.41, 5.74) is 6.22. The second-order valence-electron chi connectivity index (χ2n) is 7.40. The summed E-state index contributed by atoms with van der Waals surface area (Å²) in [5.74, 6) is 0.385. The molecular weight excluding hydrogens is 383 g/mol. The Bertz CT molecular complexity index is 869. The topological polar surface area (TPSA) is 69.2 Å². The van der Waals surface area contributed by atoms with Crippen LogP contribution in [0.4, 0.5) is 19.0 Å². The molecule has 0 unspecified atom stereocenters. The first-order valence-corrected chi connectivity index (χ1v) is 9.57. The summed E-state index contributed by atoms with van der Waals surface area (Å²) in [5, 5.41) is 0. The smallest absolute Gasteiger partial charge is 0.383 e. The van der Waals surface area contributed by atoms with Crippen molar-refractivity contribution in [1.29, 1.82) is 0 Å². The minimum atomic E-state index is -4.56. The first-order valence-electron chi connectivity index (χ1n) is 9.57. The maximum atomic E-state index is 13.2. The van der Waals surface area contributed by atoms with Gasteiger partial charge < -0.3 is 19.9 Å². The van der Waals surface area contributed by atoms with E-state index in [1.807, 2.05) is 18.4 Å². The van der Waals surface area contributed by atoms with Gasteiger partial charge >= 0.3 is 6.18 Å². The van der Waals surface area contributed by atoms with Crippen molar-refractivity contribution in [2.24, 2.45) is 0 Å². The van der Waals surface area contributed by atoms with Gasteiger partial charge in [-0.05, 0) is 6.07 Å². The van der Waals surface area contributed by atoms with Crippen molar-refractivity contribution >= 4 is 5.82 Å². The van der Waals surface area contributed by atoms with E-state index in [4.69, 9.17) is 10.5 Å². The van der Waals surface area contributed by atoms with E-state index >= 15 is 0 Å². The summed E-state index contributed by atoms with van der Waals surface area (Å²) >= 11 is 0. The van der Waals surface area contributed by atoms with E-state index in [0.717, 1.165) is 37.1 Å². The molecule has 2 aromatic heterocycles. The minimum absolute atomic E-state index is 0.115. The average Bonchev–Trinajstić information content (AvgIpc) is 3.11. The van der Waals surface area contributed by atoms with Crippen molar-refractivity contribution in [3.05, 3.63) is 42.1 Å². The number of rotatable bonds is 6. The van der Waals surface area contributed by atoms with Crippen molar-refractivity contribution in [2.75, 3.05) is 32.0 Å². The lowest BCUT2D eigenvalue weighted by molar-refractivity contribution is -0.137. The highest BCUT2D eigenvalue weighted by atomic mass is 19.4.